The van der Waals surface area contributed by atoms with Gasteiger partial charge in [-0.05, 0) is 44.0 Å². The van der Waals surface area contributed by atoms with Gasteiger partial charge < -0.3 is 19.9 Å². The molecule has 1 aromatic carbocycles. The van der Waals surface area contributed by atoms with Crippen LogP contribution in [0.2, 0.25) is 0 Å². The normalized spacial score (nSPS) is 21.6. The fourth-order valence-corrected chi connectivity index (χ4v) is 3.34. The zero-order valence-electron chi connectivity index (χ0n) is 14.2. The molecule has 0 aliphatic carbocycles. The van der Waals surface area contributed by atoms with Crippen molar-refractivity contribution in [3.63, 3.8) is 0 Å². The summed E-state index contributed by atoms with van der Waals surface area (Å²) in [5, 5.41) is 3.02. The van der Waals surface area contributed by atoms with E-state index in [4.69, 9.17) is 4.74 Å². The van der Waals surface area contributed by atoms with Gasteiger partial charge in [0.25, 0.3) is 0 Å². The molecule has 0 radical (unpaired) electrons. The fourth-order valence-electron chi connectivity index (χ4n) is 3.34. The smallest absolute Gasteiger partial charge is 0.317 e. The van der Waals surface area contributed by atoms with Gasteiger partial charge in [0, 0.05) is 13.1 Å². The molecular weight excluding hydrogens is 309 g/mol. The molecule has 6 heteroatoms. The summed E-state index contributed by atoms with van der Waals surface area (Å²) in [6.07, 6.45) is 2.20. The van der Waals surface area contributed by atoms with Crippen molar-refractivity contribution in [2.24, 2.45) is 5.92 Å². The largest absolute Gasteiger partial charge is 0.484 e. The molecule has 1 atom stereocenters. The first-order chi connectivity index (χ1) is 11.7. The molecule has 3 rings (SSSR count). The van der Waals surface area contributed by atoms with Crippen LogP contribution in [0.25, 0.3) is 0 Å². The number of urea groups is 1. The van der Waals surface area contributed by atoms with Crippen molar-refractivity contribution < 1.29 is 13.9 Å². The Morgan fingerprint density at radius 3 is 2.88 bits per heavy atom. The molecule has 2 heterocycles. The Morgan fingerprint density at radius 1 is 1.33 bits per heavy atom. The minimum Gasteiger partial charge on any atom is -0.484 e. The van der Waals surface area contributed by atoms with Gasteiger partial charge in [0.1, 0.15) is 6.10 Å². The van der Waals surface area contributed by atoms with Crippen molar-refractivity contribution in [2.45, 2.75) is 25.9 Å². The van der Waals surface area contributed by atoms with Crippen LogP contribution in [-0.2, 0) is 0 Å². The molecule has 2 aliphatic heterocycles. The van der Waals surface area contributed by atoms with Crippen LogP contribution in [-0.4, -0.2) is 61.2 Å². The molecular formula is C18H26FN3O2. The second-order valence-corrected chi connectivity index (χ2v) is 6.72. The quantitative estimate of drug-likeness (QED) is 0.868. The molecule has 132 valence electrons. The lowest BCUT2D eigenvalue weighted by molar-refractivity contribution is 0.0416. The number of ether oxygens (including phenoxy) is 1. The van der Waals surface area contributed by atoms with Gasteiger partial charge in [0.2, 0.25) is 0 Å². The maximum absolute atomic E-state index is 13.5. The molecule has 2 aliphatic rings. The van der Waals surface area contributed by atoms with Crippen LogP contribution in [0.1, 0.15) is 19.8 Å². The highest BCUT2D eigenvalue weighted by Gasteiger charge is 2.33. The van der Waals surface area contributed by atoms with E-state index in [2.05, 4.69) is 17.1 Å². The van der Waals surface area contributed by atoms with E-state index in [1.54, 1.807) is 23.1 Å². The van der Waals surface area contributed by atoms with Gasteiger partial charge in [0.15, 0.2) is 11.6 Å². The lowest BCUT2D eigenvalue weighted by atomic mass is 10.1. The Labute approximate surface area is 142 Å². The summed E-state index contributed by atoms with van der Waals surface area (Å²) in [6.45, 7) is 7.29. The predicted molar refractivity (Wildman–Crippen MR) is 90.6 cm³/mol. The maximum atomic E-state index is 13.5. The minimum absolute atomic E-state index is 0.0441. The van der Waals surface area contributed by atoms with E-state index in [0.29, 0.717) is 19.0 Å². The third kappa shape index (κ3) is 4.17. The van der Waals surface area contributed by atoms with E-state index in [1.165, 1.54) is 12.5 Å². The highest BCUT2D eigenvalue weighted by atomic mass is 19.1. The standard InChI is InChI=1S/C18H26FN3O2/c1-2-8-21-9-7-14(11-21)10-20-18(23)22-12-15(13-22)24-17-6-4-3-5-16(17)19/h3-6,14-15H,2,7-13H2,1H3,(H,20,23)/t14-/m0/s1. The van der Waals surface area contributed by atoms with Gasteiger partial charge in [-0.15, -0.1) is 0 Å². The SMILES string of the molecule is CCCN1CC[C@@H](CNC(=O)N2CC(Oc3ccccc3F)C2)C1. The van der Waals surface area contributed by atoms with E-state index >= 15 is 0 Å². The maximum Gasteiger partial charge on any atom is 0.317 e. The molecule has 2 fully saturated rings. The fraction of sp³-hybridized carbons (Fsp3) is 0.611. The van der Waals surface area contributed by atoms with Crippen molar-refractivity contribution in [3.05, 3.63) is 30.1 Å². The summed E-state index contributed by atoms with van der Waals surface area (Å²) >= 11 is 0. The third-order valence-corrected chi connectivity index (χ3v) is 4.72. The van der Waals surface area contributed by atoms with Crippen molar-refractivity contribution in [1.29, 1.82) is 0 Å². The Hall–Kier alpha value is -1.82. The van der Waals surface area contributed by atoms with E-state index in [-0.39, 0.29) is 23.7 Å². The number of nitrogens with zero attached hydrogens (tertiary/aromatic N) is 2. The lowest BCUT2D eigenvalue weighted by Gasteiger charge is -2.39. The molecule has 1 N–H and O–H groups in total. The second-order valence-electron chi connectivity index (χ2n) is 6.72. The average Bonchev–Trinajstić information content (AvgIpc) is 2.98. The molecule has 1 aromatic rings. The van der Waals surface area contributed by atoms with E-state index in [1.807, 2.05) is 0 Å². The highest BCUT2D eigenvalue weighted by molar-refractivity contribution is 5.75. The van der Waals surface area contributed by atoms with E-state index < -0.39 is 0 Å². The second kappa shape index (κ2) is 7.83. The summed E-state index contributed by atoms with van der Waals surface area (Å²) in [6, 6.07) is 6.32. The number of carbonyl (C=O) groups is 1. The monoisotopic (exact) mass is 335 g/mol. The van der Waals surface area contributed by atoms with Crippen LogP contribution in [0.5, 0.6) is 5.75 Å². The number of carbonyl (C=O) groups excluding carboxylic acids is 1. The number of likely N-dealkylation sites (tertiary alicyclic amines) is 2. The molecule has 0 spiro atoms. The number of benzene rings is 1. The molecule has 0 aromatic heterocycles. The number of halogens is 1. The van der Waals surface area contributed by atoms with Crippen LogP contribution in [0.15, 0.2) is 24.3 Å². The Bertz CT molecular complexity index is 563. The summed E-state index contributed by atoms with van der Waals surface area (Å²) < 4.78 is 19.1. The lowest BCUT2D eigenvalue weighted by Crippen LogP contribution is -2.59. The van der Waals surface area contributed by atoms with Crippen LogP contribution in [0, 0.1) is 11.7 Å². The zero-order chi connectivity index (χ0) is 16.9. The molecule has 0 bridgehead atoms. The van der Waals surface area contributed by atoms with Gasteiger partial charge in [0.05, 0.1) is 13.1 Å². The van der Waals surface area contributed by atoms with Gasteiger partial charge in [-0.1, -0.05) is 19.1 Å². The van der Waals surface area contributed by atoms with Gasteiger partial charge in [-0.2, -0.15) is 0 Å². The topological polar surface area (TPSA) is 44.8 Å². The molecule has 5 nitrogen and oxygen atoms in total. The van der Waals surface area contributed by atoms with Crippen molar-refractivity contribution in [1.82, 2.24) is 15.1 Å². The average molecular weight is 335 g/mol. The zero-order valence-corrected chi connectivity index (χ0v) is 14.2. The number of hydrogen-bond acceptors (Lipinski definition) is 3. The third-order valence-electron chi connectivity index (χ3n) is 4.72. The molecule has 0 saturated carbocycles. The van der Waals surface area contributed by atoms with Gasteiger partial charge >= 0.3 is 6.03 Å². The molecule has 2 saturated heterocycles. The Balaban J connectivity index is 1.34. The Kier molecular flexibility index (Phi) is 5.56. The highest BCUT2D eigenvalue weighted by Crippen LogP contribution is 2.21. The van der Waals surface area contributed by atoms with Crippen molar-refractivity contribution >= 4 is 6.03 Å². The van der Waals surface area contributed by atoms with Crippen molar-refractivity contribution in [2.75, 3.05) is 39.3 Å². The number of para-hydroxylation sites is 1. The number of hydrogen-bond donors (Lipinski definition) is 1. The first kappa shape index (κ1) is 17.0. The van der Waals surface area contributed by atoms with Crippen LogP contribution in [0.3, 0.4) is 0 Å². The summed E-state index contributed by atoms with van der Waals surface area (Å²) in [4.78, 5) is 16.3. The van der Waals surface area contributed by atoms with Crippen LogP contribution < -0.4 is 10.1 Å². The summed E-state index contributed by atoms with van der Waals surface area (Å²) in [5.41, 5.74) is 0. The van der Waals surface area contributed by atoms with Crippen LogP contribution >= 0.6 is 0 Å². The van der Waals surface area contributed by atoms with E-state index in [9.17, 15) is 9.18 Å². The number of rotatable bonds is 6. The van der Waals surface area contributed by atoms with Gasteiger partial charge in [-0.3, -0.25) is 0 Å². The number of amides is 2. The molecule has 2 amide bonds. The predicted octanol–water partition coefficient (Wildman–Crippen LogP) is 2.33. The van der Waals surface area contributed by atoms with E-state index in [0.717, 1.165) is 32.6 Å². The first-order valence-corrected chi connectivity index (χ1v) is 8.82. The van der Waals surface area contributed by atoms with Crippen molar-refractivity contribution in [3.8, 4) is 5.75 Å². The number of nitrogens with one attached hydrogen (secondary N) is 1. The molecule has 24 heavy (non-hydrogen) atoms. The van der Waals surface area contributed by atoms with Crippen LogP contribution in [0.4, 0.5) is 9.18 Å². The molecule has 0 unspecified atom stereocenters. The Morgan fingerprint density at radius 2 is 2.12 bits per heavy atom. The minimum atomic E-state index is -0.363. The summed E-state index contributed by atoms with van der Waals surface area (Å²) in [7, 11) is 0. The summed E-state index contributed by atoms with van der Waals surface area (Å²) in [5.74, 6) is 0.440. The first-order valence-electron chi connectivity index (χ1n) is 8.82. The van der Waals surface area contributed by atoms with Gasteiger partial charge in [-0.25, -0.2) is 9.18 Å².